The molecule has 0 bridgehead atoms. The predicted molar refractivity (Wildman–Crippen MR) is 110 cm³/mol. The van der Waals surface area contributed by atoms with E-state index in [2.05, 4.69) is 5.32 Å². The van der Waals surface area contributed by atoms with E-state index in [1.165, 1.54) is 7.11 Å². The van der Waals surface area contributed by atoms with Gasteiger partial charge in [0.25, 0.3) is 0 Å². The third-order valence-electron chi connectivity index (χ3n) is 4.33. The van der Waals surface area contributed by atoms with Crippen molar-refractivity contribution < 1.29 is 33.3 Å². The van der Waals surface area contributed by atoms with Gasteiger partial charge in [0.1, 0.15) is 24.0 Å². The summed E-state index contributed by atoms with van der Waals surface area (Å²) in [7, 11) is 1.28. The molecule has 2 rings (SSSR count). The average Bonchev–Trinajstić information content (AvgIpc) is 2.70. The number of methoxy groups -OCH3 is 1. The molecule has 0 aromatic heterocycles. The van der Waals surface area contributed by atoms with E-state index in [1.807, 2.05) is 24.3 Å². The third kappa shape index (κ3) is 9.00. The van der Waals surface area contributed by atoms with E-state index in [4.69, 9.17) is 23.7 Å². The van der Waals surface area contributed by atoms with E-state index in [1.54, 1.807) is 20.8 Å². The van der Waals surface area contributed by atoms with Crippen LogP contribution in [-0.4, -0.2) is 56.9 Å². The Hall–Kier alpha value is -2.32. The minimum atomic E-state index is -0.847. The number of ether oxygens (including phenoxy) is 5. The molecule has 1 aromatic rings. The number of carbonyl (C=O) groups is 2. The molecule has 8 nitrogen and oxygen atoms in total. The summed E-state index contributed by atoms with van der Waals surface area (Å²) in [6.45, 7) is 6.90. The molecule has 0 spiro atoms. The molecule has 1 fully saturated rings. The first-order valence-electron chi connectivity index (χ1n) is 10.3. The van der Waals surface area contributed by atoms with Crippen LogP contribution in [0.2, 0.25) is 0 Å². The molecular weight excluding hydrogens is 390 g/mol. The van der Waals surface area contributed by atoms with Gasteiger partial charge in [-0.2, -0.15) is 0 Å². The highest BCUT2D eigenvalue weighted by Crippen LogP contribution is 2.16. The minimum absolute atomic E-state index is 0.127. The molecule has 0 saturated carbocycles. The van der Waals surface area contributed by atoms with Crippen molar-refractivity contribution >= 4 is 12.1 Å². The zero-order valence-corrected chi connectivity index (χ0v) is 18.3. The molecule has 1 aliphatic rings. The first-order chi connectivity index (χ1) is 14.3. The molecule has 0 aliphatic carbocycles. The van der Waals surface area contributed by atoms with Gasteiger partial charge in [-0.15, -0.1) is 0 Å². The Balaban J connectivity index is 1.80. The Morgan fingerprint density at radius 2 is 1.90 bits per heavy atom. The van der Waals surface area contributed by atoms with Crippen molar-refractivity contribution in [3.05, 3.63) is 29.8 Å². The highest BCUT2D eigenvalue weighted by Gasteiger charge is 2.25. The fraction of sp³-hybridized carbons (Fsp3) is 0.636. The Morgan fingerprint density at radius 1 is 1.17 bits per heavy atom. The monoisotopic (exact) mass is 423 g/mol. The van der Waals surface area contributed by atoms with Crippen LogP contribution in [-0.2, 0) is 30.2 Å². The SMILES string of the molecule is COC(=O)[C@@H](Cc1ccc(OCCOC2CCCCO2)cc1)NC(=O)OC(C)(C)C. The summed E-state index contributed by atoms with van der Waals surface area (Å²) in [5.74, 6) is 0.157. The molecular formula is C22H33NO7. The van der Waals surface area contributed by atoms with Gasteiger partial charge in [0.05, 0.1) is 13.7 Å². The normalized spacial score (nSPS) is 17.7. The second-order valence-corrected chi connectivity index (χ2v) is 8.09. The Kier molecular flexibility index (Phi) is 9.39. The van der Waals surface area contributed by atoms with Gasteiger partial charge < -0.3 is 29.0 Å². The number of esters is 1. The summed E-state index contributed by atoms with van der Waals surface area (Å²) >= 11 is 0. The topological polar surface area (TPSA) is 92.3 Å². The van der Waals surface area contributed by atoms with Crippen molar-refractivity contribution in [3.8, 4) is 5.75 Å². The van der Waals surface area contributed by atoms with E-state index in [9.17, 15) is 9.59 Å². The lowest BCUT2D eigenvalue weighted by Gasteiger charge is -2.23. The summed E-state index contributed by atoms with van der Waals surface area (Å²) in [6.07, 6.45) is 2.62. The van der Waals surface area contributed by atoms with E-state index < -0.39 is 23.7 Å². The van der Waals surface area contributed by atoms with Gasteiger partial charge in [0.2, 0.25) is 0 Å². The number of benzene rings is 1. The molecule has 8 heteroatoms. The fourth-order valence-electron chi connectivity index (χ4n) is 2.92. The molecule has 1 N–H and O–H groups in total. The van der Waals surface area contributed by atoms with Gasteiger partial charge >= 0.3 is 12.1 Å². The van der Waals surface area contributed by atoms with E-state index in [-0.39, 0.29) is 12.7 Å². The van der Waals surface area contributed by atoms with Crippen LogP contribution in [0.15, 0.2) is 24.3 Å². The smallest absolute Gasteiger partial charge is 0.408 e. The molecule has 1 heterocycles. The number of nitrogens with one attached hydrogen (secondary N) is 1. The van der Waals surface area contributed by atoms with Gasteiger partial charge in [-0.1, -0.05) is 12.1 Å². The average molecular weight is 424 g/mol. The van der Waals surface area contributed by atoms with Crippen molar-refractivity contribution in [2.24, 2.45) is 0 Å². The molecule has 1 aromatic carbocycles. The van der Waals surface area contributed by atoms with Crippen LogP contribution in [0.5, 0.6) is 5.75 Å². The van der Waals surface area contributed by atoms with Crippen LogP contribution in [0.25, 0.3) is 0 Å². The van der Waals surface area contributed by atoms with Crippen LogP contribution >= 0.6 is 0 Å². The number of alkyl carbamates (subject to hydrolysis) is 1. The third-order valence-corrected chi connectivity index (χ3v) is 4.33. The molecule has 1 saturated heterocycles. The van der Waals surface area contributed by atoms with E-state index in [0.29, 0.717) is 19.0 Å². The van der Waals surface area contributed by atoms with Crippen LogP contribution in [0, 0.1) is 0 Å². The quantitative estimate of drug-likeness (QED) is 0.482. The minimum Gasteiger partial charge on any atom is -0.491 e. The van der Waals surface area contributed by atoms with Gasteiger partial charge in [-0.3, -0.25) is 0 Å². The van der Waals surface area contributed by atoms with Gasteiger partial charge in [-0.25, -0.2) is 9.59 Å². The maximum atomic E-state index is 12.0. The van der Waals surface area contributed by atoms with Crippen molar-refractivity contribution in [2.45, 2.75) is 64.4 Å². The standard InChI is InChI=1S/C22H33NO7/c1-22(2,3)30-21(25)23-18(20(24)26-4)15-16-8-10-17(11-9-16)27-13-14-29-19-7-5-6-12-28-19/h8-11,18-19H,5-7,12-15H2,1-4H3,(H,23,25)/t18-,19?/m1/s1. The number of hydrogen-bond acceptors (Lipinski definition) is 7. The zero-order valence-electron chi connectivity index (χ0n) is 18.3. The van der Waals surface area contributed by atoms with Gasteiger partial charge in [0, 0.05) is 13.0 Å². The van der Waals surface area contributed by atoms with Crippen molar-refractivity contribution in [2.75, 3.05) is 26.9 Å². The van der Waals surface area contributed by atoms with Crippen molar-refractivity contribution in [1.29, 1.82) is 0 Å². The van der Waals surface area contributed by atoms with E-state index in [0.717, 1.165) is 31.4 Å². The largest absolute Gasteiger partial charge is 0.491 e. The first-order valence-corrected chi connectivity index (χ1v) is 10.3. The highest BCUT2D eigenvalue weighted by atomic mass is 16.7. The molecule has 0 radical (unpaired) electrons. The number of hydrogen-bond donors (Lipinski definition) is 1. The summed E-state index contributed by atoms with van der Waals surface area (Å²) < 4.78 is 26.9. The second kappa shape index (κ2) is 11.8. The maximum absolute atomic E-state index is 12.0. The number of amides is 1. The van der Waals surface area contributed by atoms with Crippen LogP contribution < -0.4 is 10.1 Å². The van der Waals surface area contributed by atoms with Crippen LogP contribution in [0.4, 0.5) is 4.79 Å². The molecule has 2 atom stereocenters. The second-order valence-electron chi connectivity index (χ2n) is 8.09. The Bertz CT molecular complexity index is 663. The summed E-state index contributed by atoms with van der Waals surface area (Å²) in [6, 6.07) is 6.46. The highest BCUT2D eigenvalue weighted by molar-refractivity contribution is 5.81. The maximum Gasteiger partial charge on any atom is 0.408 e. The van der Waals surface area contributed by atoms with Crippen LogP contribution in [0.1, 0.15) is 45.6 Å². The summed E-state index contributed by atoms with van der Waals surface area (Å²) in [4.78, 5) is 24.1. The zero-order chi connectivity index (χ0) is 22.0. The lowest BCUT2D eigenvalue weighted by molar-refractivity contribution is -0.165. The predicted octanol–water partition coefficient (Wildman–Crippen LogP) is 3.22. The molecule has 30 heavy (non-hydrogen) atoms. The number of rotatable bonds is 9. The summed E-state index contributed by atoms with van der Waals surface area (Å²) in [5, 5.41) is 2.57. The van der Waals surface area contributed by atoms with Gasteiger partial charge in [-0.05, 0) is 57.7 Å². The lowest BCUT2D eigenvalue weighted by Crippen LogP contribution is -2.45. The Labute approximate surface area is 178 Å². The Morgan fingerprint density at radius 3 is 2.50 bits per heavy atom. The molecule has 168 valence electrons. The molecule has 1 amide bonds. The summed E-state index contributed by atoms with van der Waals surface area (Å²) in [5.41, 5.74) is 0.192. The molecule has 1 unspecified atom stereocenters. The van der Waals surface area contributed by atoms with Gasteiger partial charge in [0.15, 0.2) is 6.29 Å². The lowest BCUT2D eigenvalue weighted by atomic mass is 10.1. The van der Waals surface area contributed by atoms with Crippen molar-refractivity contribution in [1.82, 2.24) is 5.32 Å². The number of carbonyl (C=O) groups excluding carboxylic acids is 2. The first kappa shape index (κ1) is 24.0. The molecule has 1 aliphatic heterocycles. The van der Waals surface area contributed by atoms with Crippen molar-refractivity contribution in [3.63, 3.8) is 0 Å². The van der Waals surface area contributed by atoms with E-state index >= 15 is 0 Å². The fourth-order valence-corrected chi connectivity index (χ4v) is 2.92. The van der Waals surface area contributed by atoms with Crippen LogP contribution in [0.3, 0.4) is 0 Å².